The fraction of sp³-hybridized carbons (Fsp3) is 0.500. The average molecular weight is 342 g/mol. The third-order valence-electron chi connectivity index (χ3n) is 5.28. The molecule has 2 aromatic rings. The topological polar surface area (TPSA) is 78.5 Å². The van der Waals surface area contributed by atoms with Crippen LogP contribution in [0.4, 0.5) is 0 Å². The highest BCUT2D eigenvalue weighted by Crippen LogP contribution is 2.30. The van der Waals surface area contributed by atoms with E-state index in [9.17, 15) is 9.59 Å². The van der Waals surface area contributed by atoms with E-state index in [1.165, 1.54) is 0 Å². The van der Waals surface area contributed by atoms with Crippen LogP contribution in [0, 0.1) is 5.92 Å². The summed E-state index contributed by atoms with van der Waals surface area (Å²) in [6, 6.07) is 5.58. The first-order chi connectivity index (χ1) is 12.2. The Morgan fingerprint density at radius 2 is 2.24 bits per heavy atom. The molecule has 0 saturated carbocycles. The van der Waals surface area contributed by atoms with Crippen LogP contribution in [0.3, 0.4) is 0 Å². The molecular weight excluding hydrogens is 320 g/mol. The third-order valence-corrected chi connectivity index (χ3v) is 5.28. The van der Waals surface area contributed by atoms with Crippen molar-refractivity contribution in [3.63, 3.8) is 0 Å². The second-order valence-electron chi connectivity index (χ2n) is 6.80. The summed E-state index contributed by atoms with van der Waals surface area (Å²) in [6.45, 7) is 2.21. The molecule has 3 saturated heterocycles. The smallest absolute Gasteiger partial charge is 0.254 e. The van der Waals surface area contributed by atoms with E-state index in [0.717, 1.165) is 23.9 Å². The Morgan fingerprint density at radius 3 is 3.08 bits per heavy atom. The second kappa shape index (κ2) is 6.48. The number of hydrogen-bond acceptors (Lipinski definition) is 4. The van der Waals surface area contributed by atoms with Gasteiger partial charge in [-0.05, 0) is 31.0 Å². The maximum atomic E-state index is 13.0. The van der Waals surface area contributed by atoms with Crippen LogP contribution in [0.5, 0.6) is 0 Å². The number of aromatic amines is 1. The highest BCUT2D eigenvalue weighted by Gasteiger charge is 2.41. The molecule has 3 aliphatic rings. The Morgan fingerprint density at radius 1 is 1.36 bits per heavy atom. The van der Waals surface area contributed by atoms with Gasteiger partial charge in [0.2, 0.25) is 5.91 Å². The Labute approximate surface area is 146 Å². The SMILES string of the molecule is COCCN1C(=O)[C@@H]2CC[C@H]1CN(C(=O)c1ccc3nc[nH]c3c1)C2. The first-order valence-electron chi connectivity index (χ1n) is 8.69. The molecule has 1 aromatic carbocycles. The third kappa shape index (κ3) is 2.89. The van der Waals surface area contributed by atoms with E-state index in [1.807, 2.05) is 28.0 Å². The van der Waals surface area contributed by atoms with Gasteiger partial charge in [0.1, 0.15) is 0 Å². The molecule has 25 heavy (non-hydrogen) atoms. The summed E-state index contributed by atoms with van der Waals surface area (Å²) in [5.74, 6) is 0.0397. The van der Waals surface area contributed by atoms with Gasteiger partial charge in [-0.25, -0.2) is 4.98 Å². The first-order valence-corrected chi connectivity index (χ1v) is 8.69. The number of methoxy groups -OCH3 is 1. The number of nitrogens with one attached hydrogen (secondary N) is 1. The standard InChI is InChI=1S/C18H22N4O3/c1-25-7-6-22-14-4-2-13(18(22)24)9-21(10-14)17(23)12-3-5-15-16(8-12)20-11-19-15/h3,5,8,11,13-14H,2,4,6-7,9-10H2,1H3,(H,19,20)/t13-,14+/m1/s1. The number of fused-ring (bicyclic) bond motifs is 5. The van der Waals surface area contributed by atoms with E-state index in [4.69, 9.17) is 4.74 Å². The van der Waals surface area contributed by atoms with E-state index >= 15 is 0 Å². The summed E-state index contributed by atoms with van der Waals surface area (Å²) in [6.07, 6.45) is 3.43. The minimum atomic E-state index is -0.101. The Hall–Kier alpha value is -2.41. The molecule has 3 fully saturated rings. The van der Waals surface area contributed by atoms with Crippen LogP contribution in [-0.4, -0.2) is 71.0 Å². The van der Waals surface area contributed by atoms with Gasteiger partial charge in [-0.15, -0.1) is 0 Å². The van der Waals surface area contributed by atoms with Crippen LogP contribution >= 0.6 is 0 Å². The quantitative estimate of drug-likeness (QED) is 0.908. The molecule has 5 rings (SSSR count). The number of rotatable bonds is 4. The van der Waals surface area contributed by atoms with Crippen LogP contribution in [0.25, 0.3) is 11.0 Å². The molecule has 1 aromatic heterocycles. The van der Waals surface area contributed by atoms with Crippen molar-refractivity contribution < 1.29 is 14.3 Å². The van der Waals surface area contributed by atoms with Crippen molar-refractivity contribution in [2.24, 2.45) is 5.92 Å². The second-order valence-corrected chi connectivity index (χ2v) is 6.80. The predicted molar refractivity (Wildman–Crippen MR) is 92.1 cm³/mol. The van der Waals surface area contributed by atoms with Gasteiger partial charge < -0.3 is 19.5 Å². The first kappa shape index (κ1) is 16.1. The summed E-state index contributed by atoms with van der Waals surface area (Å²) in [7, 11) is 1.64. The molecule has 2 bridgehead atoms. The zero-order chi connectivity index (χ0) is 17.4. The van der Waals surface area contributed by atoms with E-state index < -0.39 is 0 Å². The number of nitrogens with zero attached hydrogens (tertiary/aromatic N) is 3. The maximum Gasteiger partial charge on any atom is 0.254 e. The number of benzene rings is 1. The minimum Gasteiger partial charge on any atom is -0.383 e. The molecule has 7 heteroatoms. The van der Waals surface area contributed by atoms with Crippen molar-refractivity contribution in [2.45, 2.75) is 18.9 Å². The van der Waals surface area contributed by atoms with Crippen molar-refractivity contribution in [1.82, 2.24) is 19.8 Å². The van der Waals surface area contributed by atoms with Crippen molar-refractivity contribution in [1.29, 1.82) is 0 Å². The molecule has 7 nitrogen and oxygen atoms in total. The monoisotopic (exact) mass is 342 g/mol. The van der Waals surface area contributed by atoms with Crippen LogP contribution in [0.15, 0.2) is 24.5 Å². The number of carbonyl (C=O) groups is 2. The molecule has 132 valence electrons. The van der Waals surface area contributed by atoms with Gasteiger partial charge in [-0.3, -0.25) is 9.59 Å². The van der Waals surface area contributed by atoms with Crippen molar-refractivity contribution in [2.75, 3.05) is 33.4 Å². The van der Waals surface area contributed by atoms with Crippen molar-refractivity contribution >= 4 is 22.8 Å². The molecule has 4 heterocycles. The van der Waals surface area contributed by atoms with E-state index in [-0.39, 0.29) is 23.8 Å². The lowest BCUT2D eigenvalue weighted by molar-refractivity contribution is -0.140. The van der Waals surface area contributed by atoms with Crippen LogP contribution in [0.2, 0.25) is 0 Å². The summed E-state index contributed by atoms with van der Waals surface area (Å²) in [5.41, 5.74) is 2.32. The average Bonchev–Trinajstić information content (AvgIpc) is 2.93. The molecule has 2 amide bonds. The van der Waals surface area contributed by atoms with E-state index in [2.05, 4.69) is 9.97 Å². The van der Waals surface area contributed by atoms with E-state index in [1.54, 1.807) is 13.4 Å². The van der Waals surface area contributed by atoms with Crippen molar-refractivity contribution in [3.8, 4) is 0 Å². The Kier molecular flexibility index (Phi) is 4.17. The van der Waals surface area contributed by atoms with Crippen LogP contribution in [-0.2, 0) is 9.53 Å². The lowest BCUT2D eigenvalue weighted by Crippen LogP contribution is -2.49. The molecular formula is C18H22N4O3. The summed E-state index contributed by atoms with van der Waals surface area (Å²) < 4.78 is 5.13. The molecule has 1 N–H and O–H groups in total. The lowest BCUT2D eigenvalue weighted by Gasteiger charge is -2.35. The molecule has 0 spiro atoms. The maximum absolute atomic E-state index is 13.0. The van der Waals surface area contributed by atoms with Crippen LogP contribution < -0.4 is 0 Å². The number of piperidine rings is 1. The number of hydrogen-bond donors (Lipinski definition) is 1. The van der Waals surface area contributed by atoms with Crippen molar-refractivity contribution in [3.05, 3.63) is 30.1 Å². The molecule has 3 aliphatic heterocycles. The number of imidazole rings is 1. The van der Waals surface area contributed by atoms with Gasteiger partial charge in [0.25, 0.3) is 5.91 Å². The minimum absolute atomic E-state index is 0.0187. The summed E-state index contributed by atoms with van der Waals surface area (Å²) in [4.78, 5) is 36.6. The van der Waals surface area contributed by atoms with Gasteiger partial charge in [-0.2, -0.15) is 0 Å². The van der Waals surface area contributed by atoms with Gasteiger partial charge in [0.15, 0.2) is 0 Å². The summed E-state index contributed by atoms with van der Waals surface area (Å²) >= 11 is 0. The number of aromatic nitrogens is 2. The largest absolute Gasteiger partial charge is 0.383 e. The Balaban J connectivity index is 1.56. The highest BCUT2D eigenvalue weighted by atomic mass is 16.5. The molecule has 0 radical (unpaired) electrons. The highest BCUT2D eigenvalue weighted by molar-refractivity contribution is 5.98. The number of carbonyl (C=O) groups excluding carboxylic acids is 2. The van der Waals surface area contributed by atoms with Gasteiger partial charge in [0.05, 0.1) is 29.9 Å². The zero-order valence-corrected chi connectivity index (χ0v) is 14.3. The summed E-state index contributed by atoms with van der Waals surface area (Å²) in [5, 5.41) is 0. The normalized spacial score (nSPS) is 23.3. The van der Waals surface area contributed by atoms with E-state index in [0.29, 0.717) is 31.8 Å². The fourth-order valence-corrected chi connectivity index (χ4v) is 3.94. The number of ether oxygens (including phenoxy) is 1. The fourth-order valence-electron chi connectivity index (χ4n) is 3.94. The molecule has 0 aliphatic carbocycles. The van der Waals surface area contributed by atoms with Crippen LogP contribution in [0.1, 0.15) is 23.2 Å². The number of H-pyrrole nitrogens is 1. The lowest BCUT2D eigenvalue weighted by atomic mass is 9.94. The predicted octanol–water partition coefficient (Wildman–Crippen LogP) is 1.27. The molecule has 2 atom stereocenters. The zero-order valence-electron chi connectivity index (χ0n) is 14.3. The Bertz CT molecular complexity index is 802. The number of amides is 2. The van der Waals surface area contributed by atoms with Gasteiger partial charge in [-0.1, -0.05) is 0 Å². The van der Waals surface area contributed by atoms with Gasteiger partial charge >= 0.3 is 0 Å². The van der Waals surface area contributed by atoms with Gasteiger partial charge in [0, 0.05) is 38.3 Å². The molecule has 0 unspecified atom stereocenters.